The fourth-order valence-corrected chi connectivity index (χ4v) is 3.18. The molecule has 2 aromatic rings. The highest BCUT2D eigenvalue weighted by Crippen LogP contribution is 2.30. The summed E-state index contributed by atoms with van der Waals surface area (Å²) < 4.78 is 19.1. The van der Waals surface area contributed by atoms with E-state index in [2.05, 4.69) is 10.3 Å². The van der Waals surface area contributed by atoms with Crippen LogP contribution in [0.3, 0.4) is 0 Å². The van der Waals surface area contributed by atoms with Crippen LogP contribution in [0.15, 0.2) is 30.3 Å². The Bertz CT molecular complexity index is 696. The lowest BCUT2D eigenvalue weighted by Gasteiger charge is -2.29. The number of hydrogen-bond donors (Lipinski definition) is 1. The van der Waals surface area contributed by atoms with Crippen LogP contribution < -0.4 is 5.32 Å². The van der Waals surface area contributed by atoms with Crippen molar-refractivity contribution < 1.29 is 13.9 Å². The molecule has 1 aliphatic carbocycles. The molecule has 116 valence electrons. The maximum atomic E-state index is 13.8. The number of ether oxygens (including phenoxy) is 1. The third kappa shape index (κ3) is 2.81. The zero-order chi connectivity index (χ0) is 15.6. The van der Waals surface area contributed by atoms with Crippen LogP contribution in [-0.4, -0.2) is 30.1 Å². The lowest BCUT2D eigenvalue weighted by Crippen LogP contribution is -2.49. The van der Waals surface area contributed by atoms with Crippen LogP contribution in [0.25, 0.3) is 10.9 Å². The van der Waals surface area contributed by atoms with Crippen molar-refractivity contribution in [1.29, 1.82) is 0 Å². The summed E-state index contributed by atoms with van der Waals surface area (Å²) in [4.78, 5) is 16.7. The van der Waals surface area contributed by atoms with Crippen molar-refractivity contribution in [3.63, 3.8) is 0 Å². The van der Waals surface area contributed by atoms with E-state index in [1.54, 1.807) is 31.4 Å². The van der Waals surface area contributed by atoms with Crippen LogP contribution in [0, 0.1) is 5.82 Å². The summed E-state index contributed by atoms with van der Waals surface area (Å²) in [6.45, 7) is 0.487. The Labute approximate surface area is 128 Å². The van der Waals surface area contributed by atoms with Crippen LogP contribution >= 0.6 is 0 Å². The number of para-hydroxylation sites is 1. The molecular weight excluding hydrogens is 283 g/mol. The van der Waals surface area contributed by atoms with Crippen LogP contribution in [0.2, 0.25) is 0 Å². The molecule has 1 fully saturated rings. The van der Waals surface area contributed by atoms with Crippen LogP contribution in [0.4, 0.5) is 4.39 Å². The van der Waals surface area contributed by atoms with Crippen molar-refractivity contribution in [2.75, 3.05) is 13.7 Å². The molecule has 0 atom stereocenters. The molecule has 1 N–H and O–H groups in total. The van der Waals surface area contributed by atoms with Gasteiger partial charge in [-0.05, 0) is 25.0 Å². The molecule has 0 unspecified atom stereocenters. The molecule has 0 aliphatic heterocycles. The predicted octanol–water partition coefficient (Wildman–Crippen LogP) is 3.06. The number of hydrogen-bond acceptors (Lipinski definition) is 3. The molecule has 22 heavy (non-hydrogen) atoms. The van der Waals surface area contributed by atoms with E-state index in [9.17, 15) is 9.18 Å². The van der Waals surface area contributed by atoms with Gasteiger partial charge >= 0.3 is 0 Å². The first kappa shape index (κ1) is 14.9. The molecule has 1 saturated carbocycles. The Morgan fingerprint density at radius 1 is 1.32 bits per heavy atom. The van der Waals surface area contributed by atoms with Crippen molar-refractivity contribution >= 4 is 16.8 Å². The number of carbonyl (C=O) groups is 1. The number of aromatic nitrogens is 1. The van der Waals surface area contributed by atoms with Crippen molar-refractivity contribution in [2.24, 2.45) is 0 Å². The van der Waals surface area contributed by atoms with E-state index in [0.29, 0.717) is 12.0 Å². The van der Waals surface area contributed by atoms with E-state index in [1.807, 2.05) is 0 Å². The largest absolute Gasteiger partial charge is 0.382 e. The number of fused-ring (bicyclic) bond motifs is 1. The Hall–Kier alpha value is -2.01. The van der Waals surface area contributed by atoms with E-state index in [1.165, 1.54) is 6.07 Å². The standard InChI is InChI=1S/C17H19FN2O2/c1-22-11-17(9-2-3-10-17)20-16(21)14-8-7-12-5-4-6-13(18)15(12)19-14/h4-8H,2-3,9-11H2,1H3,(H,20,21). The van der Waals surface area contributed by atoms with Crippen molar-refractivity contribution in [3.05, 3.63) is 41.8 Å². The van der Waals surface area contributed by atoms with Gasteiger partial charge in [0.05, 0.1) is 12.1 Å². The number of carbonyl (C=O) groups excluding carboxylic acids is 1. The molecule has 0 saturated heterocycles. The average molecular weight is 302 g/mol. The molecular formula is C17H19FN2O2. The van der Waals surface area contributed by atoms with Gasteiger partial charge in [-0.1, -0.05) is 31.0 Å². The summed E-state index contributed by atoms with van der Waals surface area (Å²) in [5.74, 6) is -0.691. The van der Waals surface area contributed by atoms with E-state index < -0.39 is 5.82 Å². The van der Waals surface area contributed by atoms with Gasteiger partial charge in [0.15, 0.2) is 0 Å². The SMILES string of the molecule is COCC1(NC(=O)c2ccc3cccc(F)c3n2)CCCC1. The van der Waals surface area contributed by atoms with Gasteiger partial charge in [-0.2, -0.15) is 0 Å². The maximum Gasteiger partial charge on any atom is 0.270 e. The molecule has 0 bridgehead atoms. The fraction of sp³-hybridized carbons (Fsp3) is 0.412. The van der Waals surface area contributed by atoms with Crippen molar-refractivity contribution in [2.45, 2.75) is 31.2 Å². The maximum absolute atomic E-state index is 13.8. The second-order valence-corrected chi connectivity index (χ2v) is 5.88. The number of amides is 1. The second kappa shape index (κ2) is 6.01. The minimum Gasteiger partial charge on any atom is -0.382 e. The summed E-state index contributed by atoms with van der Waals surface area (Å²) in [5.41, 5.74) is 0.139. The Kier molecular flexibility index (Phi) is 4.07. The number of methoxy groups -OCH3 is 1. The Morgan fingerprint density at radius 3 is 2.82 bits per heavy atom. The van der Waals surface area contributed by atoms with Crippen LogP contribution in [0.5, 0.6) is 0 Å². The highest BCUT2D eigenvalue weighted by Gasteiger charge is 2.35. The van der Waals surface area contributed by atoms with Crippen LogP contribution in [-0.2, 0) is 4.74 Å². The van der Waals surface area contributed by atoms with E-state index >= 15 is 0 Å². The summed E-state index contributed by atoms with van der Waals surface area (Å²) in [5, 5.41) is 3.73. The molecule has 1 aliphatic rings. The summed E-state index contributed by atoms with van der Waals surface area (Å²) in [7, 11) is 1.63. The van der Waals surface area contributed by atoms with E-state index in [4.69, 9.17) is 4.74 Å². The van der Waals surface area contributed by atoms with Gasteiger partial charge < -0.3 is 10.1 Å². The van der Waals surface area contributed by atoms with Crippen LogP contribution in [0.1, 0.15) is 36.2 Å². The first-order valence-corrected chi connectivity index (χ1v) is 7.50. The van der Waals surface area contributed by atoms with Gasteiger partial charge in [-0.25, -0.2) is 9.37 Å². The topological polar surface area (TPSA) is 51.2 Å². The minimum absolute atomic E-state index is 0.224. The molecule has 5 heteroatoms. The Balaban J connectivity index is 1.87. The summed E-state index contributed by atoms with van der Waals surface area (Å²) in [6, 6.07) is 8.10. The molecule has 1 amide bonds. The third-order valence-electron chi connectivity index (χ3n) is 4.26. The summed E-state index contributed by atoms with van der Waals surface area (Å²) in [6.07, 6.45) is 3.94. The van der Waals surface area contributed by atoms with E-state index in [-0.39, 0.29) is 22.7 Å². The normalized spacial score (nSPS) is 16.8. The lowest BCUT2D eigenvalue weighted by atomic mass is 9.98. The quantitative estimate of drug-likeness (QED) is 0.944. The van der Waals surface area contributed by atoms with Gasteiger partial charge in [-0.15, -0.1) is 0 Å². The number of pyridine rings is 1. The molecule has 4 nitrogen and oxygen atoms in total. The lowest BCUT2D eigenvalue weighted by molar-refractivity contribution is 0.0763. The fourth-order valence-electron chi connectivity index (χ4n) is 3.18. The van der Waals surface area contributed by atoms with Crippen molar-refractivity contribution in [3.8, 4) is 0 Å². The third-order valence-corrected chi connectivity index (χ3v) is 4.26. The number of nitrogens with one attached hydrogen (secondary N) is 1. The second-order valence-electron chi connectivity index (χ2n) is 5.88. The first-order chi connectivity index (χ1) is 10.6. The van der Waals surface area contributed by atoms with Crippen molar-refractivity contribution in [1.82, 2.24) is 10.3 Å². The van der Waals surface area contributed by atoms with E-state index in [0.717, 1.165) is 25.7 Å². The number of nitrogens with zero attached hydrogens (tertiary/aromatic N) is 1. The molecule has 1 aromatic heterocycles. The minimum atomic E-state index is -0.417. The summed E-state index contributed by atoms with van der Waals surface area (Å²) >= 11 is 0. The van der Waals surface area contributed by atoms with Gasteiger partial charge in [-0.3, -0.25) is 4.79 Å². The number of halogens is 1. The zero-order valence-corrected chi connectivity index (χ0v) is 12.6. The highest BCUT2D eigenvalue weighted by atomic mass is 19.1. The molecule has 1 aromatic carbocycles. The monoisotopic (exact) mass is 302 g/mol. The molecule has 1 heterocycles. The zero-order valence-electron chi connectivity index (χ0n) is 12.6. The average Bonchev–Trinajstić information content (AvgIpc) is 2.96. The van der Waals surface area contributed by atoms with Gasteiger partial charge in [0.2, 0.25) is 0 Å². The predicted molar refractivity (Wildman–Crippen MR) is 82.2 cm³/mol. The number of benzene rings is 1. The molecule has 3 rings (SSSR count). The van der Waals surface area contributed by atoms with Gasteiger partial charge in [0.1, 0.15) is 17.0 Å². The number of rotatable bonds is 4. The first-order valence-electron chi connectivity index (χ1n) is 7.50. The van der Waals surface area contributed by atoms with Gasteiger partial charge in [0, 0.05) is 12.5 Å². The highest BCUT2D eigenvalue weighted by molar-refractivity contribution is 5.95. The van der Waals surface area contributed by atoms with Gasteiger partial charge in [0.25, 0.3) is 5.91 Å². The molecule has 0 spiro atoms. The smallest absolute Gasteiger partial charge is 0.270 e. The molecule has 0 radical (unpaired) electrons. The Morgan fingerprint density at radius 2 is 2.09 bits per heavy atom.